The number of aliphatic hydroxyl groups is 1. The summed E-state index contributed by atoms with van der Waals surface area (Å²) in [4.78, 5) is 6.57. The zero-order valence-electron chi connectivity index (χ0n) is 10.5. The van der Waals surface area contributed by atoms with Gasteiger partial charge >= 0.3 is 0 Å². The van der Waals surface area contributed by atoms with E-state index in [2.05, 4.69) is 23.7 Å². The average molecular weight is 222 g/mol. The topological polar surface area (TPSA) is 36.4 Å². The molecule has 3 heteroatoms. The highest BCUT2D eigenvalue weighted by atomic mass is 16.3. The van der Waals surface area contributed by atoms with Gasteiger partial charge < -0.3 is 10.0 Å². The fourth-order valence-electron chi connectivity index (χ4n) is 1.65. The van der Waals surface area contributed by atoms with Crippen LogP contribution in [0, 0.1) is 0 Å². The van der Waals surface area contributed by atoms with E-state index in [9.17, 15) is 5.11 Å². The van der Waals surface area contributed by atoms with E-state index in [0.717, 1.165) is 24.5 Å². The van der Waals surface area contributed by atoms with E-state index in [1.54, 1.807) is 6.92 Å². The lowest BCUT2D eigenvalue weighted by atomic mass is 10.2. The van der Waals surface area contributed by atoms with Gasteiger partial charge in [0.15, 0.2) is 0 Å². The molecule has 3 nitrogen and oxygen atoms in total. The Morgan fingerprint density at radius 2 is 2.12 bits per heavy atom. The third-order valence-corrected chi connectivity index (χ3v) is 2.73. The van der Waals surface area contributed by atoms with Crippen molar-refractivity contribution in [2.24, 2.45) is 0 Å². The van der Waals surface area contributed by atoms with Crippen molar-refractivity contribution in [3.05, 3.63) is 24.0 Å². The second-order valence-corrected chi connectivity index (χ2v) is 4.05. The van der Waals surface area contributed by atoms with Crippen molar-refractivity contribution in [3.8, 4) is 0 Å². The number of aromatic nitrogens is 1. The molecule has 0 saturated heterocycles. The Bertz CT molecular complexity index is 295. The SMILES string of the molecule is CCCCN(CC)c1ccc([C@H](C)O)nc1. The highest BCUT2D eigenvalue weighted by molar-refractivity contribution is 5.44. The van der Waals surface area contributed by atoms with Crippen molar-refractivity contribution >= 4 is 5.69 Å². The third-order valence-electron chi connectivity index (χ3n) is 2.73. The van der Waals surface area contributed by atoms with Gasteiger partial charge in [0.2, 0.25) is 0 Å². The molecular formula is C13H22N2O. The summed E-state index contributed by atoms with van der Waals surface area (Å²) >= 11 is 0. The van der Waals surface area contributed by atoms with Crippen LogP contribution >= 0.6 is 0 Å². The summed E-state index contributed by atoms with van der Waals surface area (Å²) < 4.78 is 0. The zero-order valence-corrected chi connectivity index (χ0v) is 10.5. The summed E-state index contributed by atoms with van der Waals surface area (Å²) in [5.41, 5.74) is 1.87. The Morgan fingerprint density at radius 3 is 2.56 bits per heavy atom. The Kier molecular flexibility index (Phi) is 5.26. The van der Waals surface area contributed by atoms with Crippen LogP contribution in [-0.2, 0) is 0 Å². The molecule has 0 amide bonds. The Labute approximate surface area is 98.1 Å². The van der Waals surface area contributed by atoms with Gasteiger partial charge in [0.1, 0.15) is 0 Å². The minimum atomic E-state index is -0.486. The maximum Gasteiger partial charge on any atom is 0.0931 e. The average Bonchev–Trinajstić information content (AvgIpc) is 2.30. The van der Waals surface area contributed by atoms with E-state index >= 15 is 0 Å². The number of unbranched alkanes of at least 4 members (excludes halogenated alkanes) is 1. The second kappa shape index (κ2) is 6.48. The minimum absolute atomic E-state index is 0.486. The molecule has 1 atom stereocenters. The molecule has 0 bridgehead atoms. The highest BCUT2D eigenvalue weighted by Gasteiger charge is 2.06. The van der Waals surface area contributed by atoms with Crippen molar-refractivity contribution in [3.63, 3.8) is 0 Å². The van der Waals surface area contributed by atoms with Crippen LogP contribution < -0.4 is 4.90 Å². The summed E-state index contributed by atoms with van der Waals surface area (Å²) in [6.07, 6.45) is 3.77. The normalized spacial score (nSPS) is 12.5. The lowest BCUT2D eigenvalue weighted by molar-refractivity contribution is 0.194. The predicted octanol–water partition coefficient (Wildman–Crippen LogP) is 2.76. The van der Waals surface area contributed by atoms with Crippen LogP contribution in [0.5, 0.6) is 0 Å². The Balaban J connectivity index is 2.70. The first-order chi connectivity index (χ1) is 7.69. The van der Waals surface area contributed by atoms with E-state index in [1.807, 2.05) is 18.3 Å². The van der Waals surface area contributed by atoms with Crippen LogP contribution in [0.15, 0.2) is 18.3 Å². The lowest BCUT2D eigenvalue weighted by Gasteiger charge is -2.22. The van der Waals surface area contributed by atoms with Crippen LogP contribution in [0.1, 0.15) is 45.4 Å². The van der Waals surface area contributed by atoms with Gasteiger partial charge in [0.25, 0.3) is 0 Å². The molecule has 0 aromatic carbocycles. The van der Waals surface area contributed by atoms with Crippen molar-refractivity contribution in [1.82, 2.24) is 4.98 Å². The van der Waals surface area contributed by atoms with Crippen molar-refractivity contribution < 1.29 is 5.11 Å². The number of anilines is 1. The number of pyridine rings is 1. The number of aliphatic hydroxyl groups excluding tert-OH is 1. The first-order valence-electron chi connectivity index (χ1n) is 6.08. The molecule has 1 aromatic heterocycles. The molecule has 1 rings (SSSR count). The van der Waals surface area contributed by atoms with Gasteiger partial charge in [-0.25, -0.2) is 0 Å². The van der Waals surface area contributed by atoms with E-state index in [1.165, 1.54) is 12.8 Å². The van der Waals surface area contributed by atoms with E-state index < -0.39 is 6.10 Å². The summed E-state index contributed by atoms with van der Waals surface area (Å²) in [6.45, 7) is 8.15. The summed E-state index contributed by atoms with van der Waals surface area (Å²) in [7, 11) is 0. The number of nitrogens with zero attached hydrogens (tertiary/aromatic N) is 2. The molecule has 0 unspecified atom stereocenters. The molecule has 0 aliphatic carbocycles. The van der Waals surface area contributed by atoms with Gasteiger partial charge in [-0.1, -0.05) is 13.3 Å². The van der Waals surface area contributed by atoms with Crippen LogP contribution in [0.25, 0.3) is 0 Å². The molecule has 0 spiro atoms. The molecule has 0 aliphatic rings. The van der Waals surface area contributed by atoms with Crippen molar-refractivity contribution in [2.45, 2.75) is 39.7 Å². The quantitative estimate of drug-likeness (QED) is 0.804. The van der Waals surface area contributed by atoms with Gasteiger partial charge in [-0.15, -0.1) is 0 Å². The van der Waals surface area contributed by atoms with Crippen LogP contribution in [0.4, 0.5) is 5.69 Å². The van der Waals surface area contributed by atoms with Crippen molar-refractivity contribution in [2.75, 3.05) is 18.0 Å². The van der Waals surface area contributed by atoms with Gasteiger partial charge in [0, 0.05) is 13.1 Å². The molecule has 1 aromatic rings. The summed E-state index contributed by atoms with van der Waals surface area (Å²) in [6, 6.07) is 3.93. The third kappa shape index (κ3) is 3.49. The standard InChI is InChI=1S/C13H22N2O/c1-4-6-9-15(5-2)12-7-8-13(11(3)16)14-10-12/h7-8,10-11,16H,4-6,9H2,1-3H3/t11-/m0/s1. The van der Waals surface area contributed by atoms with Crippen molar-refractivity contribution in [1.29, 1.82) is 0 Å². The van der Waals surface area contributed by atoms with Gasteiger partial charge in [-0.3, -0.25) is 4.98 Å². The monoisotopic (exact) mass is 222 g/mol. The van der Waals surface area contributed by atoms with Crippen LogP contribution in [0.2, 0.25) is 0 Å². The molecule has 0 aliphatic heterocycles. The first kappa shape index (κ1) is 13.0. The van der Waals surface area contributed by atoms with E-state index in [0.29, 0.717) is 0 Å². The van der Waals surface area contributed by atoms with Gasteiger partial charge in [0.05, 0.1) is 23.7 Å². The second-order valence-electron chi connectivity index (χ2n) is 4.05. The predicted molar refractivity (Wildman–Crippen MR) is 67.7 cm³/mol. The molecule has 0 fully saturated rings. The molecule has 0 radical (unpaired) electrons. The number of rotatable bonds is 6. The van der Waals surface area contributed by atoms with Crippen LogP contribution in [0.3, 0.4) is 0 Å². The maximum atomic E-state index is 9.38. The molecular weight excluding hydrogens is 200 g/mol. The summed E-state index contributed by atoms with van der Waals surface area (Å²) in [5, 5.41) is 9.38. The maximum absolute atomic E-state index is 9.38. The van der Waals surface area contributed by atoms with Gasteiger partial charge in [-0.2, -0.15) is 0 Å². The largest absolute Gasteiger partial charge is 0.387 e. The molecule has 1 heterocycles. The Morgan fingerprint density at radius 1 is 1.38 bits per heavy atom. The van der Waals surface area contributed by atoms with Crippen LogP contribution in [-0.4, -0.2) is 23.2 Å². The zero-order chi connectivity index (χ0) is 12.0. The molecule has 0 saturated carbocycles. The minimum Gasteiger partial charge on any atom is -0.387 e. The van der Waals surface area contributed by atoms with Gasteiger partial charge in [-0.05, 0) is 32.4 Å². The summed E-state index contributed by atoms with van der Waals surface area (Å²) in [5.74, 6) is 0. The molecule has 90 valence electrons. The fourth-order valence-corrected chi connectivity index (χ4v) is 1.65. The lowest BCUT2D eigenvalue weighted by Crippen LogP contribution is -2.23. The molecule has 16 heavy (non-hydrogen) atoms. The first-order valence-corrected chi connectivity index (χ1v) is 6.08. The van der Waals surface area contributed by atoms with E-state index in [-0.39, 0.29) is 0 Å². The number of hydrogen-bond acceptors (Lipinski definition) is 3. The Hall–Kier alpha value is -1.09. The molecule has 1 N–H and O–H groups in total. The van der Waals surface area contributed by atoms with E-state index in [4.69, 9.17) is 0 Å². The highest BCUT2D eigenvalue weighted by Crippen LogP contribution is 2.16. The smallest absolute Gasteiger partial charge is 0.0931 e. The fraction of sp³-hybridized carbons (Fsp3) is 0.615. The number of hydrogen-bond donors (Lipinski definition) is 1.